The summed E-state index contributed by atoms with van der Waals surface area (Å²) in [6, 6.07) is 9.78. The van der Waals surface area contributed by atoms with E-state index >= 15 is 0 Å². The van der Waals surface area contributed by atoms with Crippen LogP contribution < -0.4 is 5.32 Å². The summed E-state index contributed by atoms with van der Waals surface area (Å²) in [4.78, 5) is 8.43. The normalized spacial score (nSPS) is 12.6. The van der Waals surface area contributed by atoms with Gasteiger partial charge in [0, 0.05) is 16.8 Å². The molecule has 0 bridgehead atoms. The van der Waals surface area contributed by atoms with Crippen molar-refractivity contribution in [3.05, 3.63) is 52.9 Å². The van der Waals surface area contributed by atoms with Gasteiger partial charge in [0.1, 0.15) is 12.1 Å². The number of rotatable bonds is 3. The van der Waals surface area contributed by atoms with E-state index < -0.39 is 0 Å². The molecule has 0 aliphatic heterocycles. The lowest BCUT2D eigenvalue weighted by Crippen LogP contribution is -2.11. The Morgan fingerprint density at radius 1 is 1.30 bits per heavy atom. The Morgan fingerprint density at radius 3 is 2.90 bits per heavy atom. The smallest absolute Gasteiger partial charge is 0.254 e. The number of nitrogens with zero attached hydrogens (tertiary/aromatic N) is 4. The molecular formula is C14H14ClN5. The summed E-state index contributed by atoms with van der Waals surface area (Å²) >= 11 is 6.23. The molecular weight excluding hydrogens is 274 g/mol. The lowest BCUT2D eigenvalue weighted by molar-refractivity contribution is 0.838. The predicted molar refractivity (Wildman–Crippen MR) is 79.0 cm³/mol. The van der Waals surface area contributed by atoms with Crippen molar-refractivity contribution in [3.63, 3.8) is 0 Å². The van der Waals surface area contributed by atoms with Crippen molar-refractivity contribution in [2.45, 2.75) is 19.9 Å². The van der Waals surface area contributed by atoms with Gasteiger partial charge in [0.05, 0.1) is 6.04 Å². The van der Waals surface area contributed by atoms with Crippen molar-refractivity contribution < 1.29 is 0 Å². The summed E-state index contributed by atoms with van der Waals surface area (Å²) in [6.45, 7) is 3.99. The fourth-order valence-electron chi connectivity index (χ4n) is 2.16. The van der Waals surface area contributed by atoms with Crippen molar-refractivity contribution in [3.8, 4) is 0 Å². The zero-order valence-corrected chi connectivity index (χ0v) is 12.0. The van der Waals surface area contributed by atoms with Crippen molar-refractivity contribution in [1.29, 1.82) is 0 Å². The van der Waals surface area contributed by atoms with Gasteiger partial charge in [-0.2, -0.15) is 14.6 Å². The van der Waals surface area contributed by atoms with Gasteiger partial charge in [0.2, 0.25) is 0 Å². The molecule has 0 aliphatic carbocycles. The van der Waals surface area contributed by atoms with Crippen LogP contribution in [0.4, 0.5) is 5.82 Å². The highest BCUT2D eigenvalue weighted by Crippen LogP contribution is 2.25. The monoisotopic (exact) mass is 287 g/mol. The van der Waals surface area contributed by atoms with Crippen molar-refractivity contribution in [2.75, 3.05) is 5.32 Å². The number of hydrogen-bond acceptors (Lipinski definition) is 4. The SMILES string of the molecule is Cc1cc(N[C@H](C)c2ccccc2Cl)n2ncnc2n1. The molecule has 6 heteroatoms. The molecule has 1 aromatic carbocycles. The van der Waals surface area contributed by atoms with Crippen LogP contribution in [0.1, 0.15) is 24.2 Å². The molecule has 1 N–H and O–H groups in total. The molecule has 0 amide bonds. The van der Waals surface area contributed by atoms with Gasteiger partial charge < -0.3 is 5.32 Å². The van der Waals surface area contributed by atoms with Gasteiger partial charge in [0.15, 0.2) is 0 Å². The molecule has 20 heavy (non-hydrogen) atoms. The minimum atomic E-state index is 0.0536. The highest BCUT2D eigenvalue weighted by molar-refractivity contribution is 6.31. The average molecular weight is 288 g/mol. The Bertz CT molecular complexity index is 752. The zero-order chi connectivity index (χ0) is 14.1. The topological polar surface area (TPSA) is 55.1 Å². The lowest BCUT2D eigenvalue weighted by atomic mass is 10.1. The quantitative estimate of drug-likeness (QED) is 0.803. The van der Waals surface area contributed by atoms with E-state index in [4.69, 9.17) is 11.6 Å². The Kier molecular flexibility index (Phi) is 3.28. The van der Waals surface area contributed by atoms with Crippen LogP contribution in [0.25, 0.3) is 5.78 Å². The number of anilines is 1. The number of nitrogens with one attached hydrogen (secondary N) is 1. The largest absolute Gasteiger partial charge is 0.363 e. The number of halogens is 1. The summed E-state index contributed by atoms with van der Waals surface area (Å²) in [5, 5.41) is 8.33. The third-order valence-corrected chi connectivity index (χ3v) is 3.46. The van der Waals surface area contributed by atoms with E-state index in [0.29, 0.717) is 5.78 Å². The van der Waals surface area contributed by atoms with Crippen LogP contribution in [0.3, 0.4) is 0 Å². The van der Waals surface area contributed by atoms with Gasteiger partial charge >= 0.3 is 0 Å². The molecule has 2 heterocycles. The number of fused-ring (bicyclic) bond motifs is 1. The lowest BCUT2D eigenvalue weighted by Gasteiger charge is -2.17. The molecule has 102 valence electrons. The van der Waals surface area contributed by atoms with E-state index in [1.54, 1.807) is 4.52 Å². The second-order valence-corrected chi connectivity index (χ2v) is 5.05. The fourth-order valence-corrected chi connectivity index (χ4v) is 2.46. The third kappa shape index (κ3) is 2.32. The summed E-state index contributed by atoms with van der Waals surface area (Å²) in [5.74, 6) is 1.43. The van der Waals surface area contributed by atoms with Gasteiger partial charge in [0.25, 0.3) is 5.78 Å². The first-order chi connectivity index (χ1) is 9.65. The molecule has 0 fully saturated rings. The number of hydrogen-bond donors (Lipinski definition) is 1. The highest BCUT2D eigenvalue weighted by Gasteiger charge is 2.12. The predicted octanol–water partition coefficient (Wildman–Crippen LogP) is 3.26. The van der Waals surface area contributed by atoms with E-state index in [2.05, 4.69) is 27.3 Å². The van der Waals surface area contributed by atoms with Gasteiger partial charge in [-0.3, -0.25) is 0 Å². The zero-order valence-electron chi connectivity index (χ0n) is 11.2. The first kappa shape index (κ1) is 12.9. The van der Waals surface area contributed by atoms with Crippen LogP contribution in [0, 0.1) is 6.92 Å². The van der Waals surface area contributed by atoms with E-state index in [1.807, 2.05) is 37.3 Å². The molecule has 0 radical (unpaired) electrons. The minimum absolute atomic E-state index is 0.0536. The molecule has 0 saturated heterocycles. The highest BCUT2D eigenvalue weighted by atomic mass is 35.5. The number of aromatic nitrogens is 4. The summed E-state index contributed by atoms with van der Waals surface area (Å²) in [5.41, 5.74) is 1.93. The van der Waals surface area contributed by atoms with E-state index in [1.165, 1.54) is 6.33 Å². The van der Waals surface area contributed by atoms with Crippen molar-refractivity contribution in [2.24, 2.45) is 0 Å². The molecule has 1 atom stereocenters. The Labute approximate surface area is 121 Å². The second-order valence-electron chi connectivity index (χ2n) is 4.64. The maximum atomic E-state index is 6.23. The fraction of sp³-hybridized carbons (Fsp3) is 0.214. The van der Waals surface area contributed by atoms with Gasteiger partial charge in [-0.25, -0.2) is 4.98 Å². The maximum absolute atomic E-state index is 6.23. The Morgan fingerprint density at radius 2 is 2.10 bits per heavy atom. The molecule has 0 aliphatic rings. The van der Waals surface area contributed by atoms with Gasteiger partial charge in [-0.15, -0.1) is 0 Å². The molecule has 3 aromatic rings. The summed E-state index contributed by atoms with van der Waals surface area (Å²) < 4.78 is 1.68. The van der Waals surface area contributed by atoms with E-state index in [0.717, 1.165) is 22.1 Å². The molecule has 3 rings (SSSR count). The number of aryl methyl sites for hydroxylation is 1. The second kappa shape index (κ2) is 5.09. The van der Waals surface area contributed by atoms with Gasteiger partial charge in [-0.1, -0.05) is 29.8 Å². The van der Waals surface area contributed by atoms with Crippen molar-refractivity contribution >= 4 is 23.2 Å². The number of benzene rings is 1. The average Bonchev–Trinajstić information content (AvgIpc) is 2.87. The first-order valence-electron chi connectivity index (χ1n) is 6.33. The van der Waals surface area contributed by atoms with Crippen LogP contribution in [0.15, 0.2) is 36.7 Å². The Hall–Kier alpha value is -2.14. The van der Waals surface area contributed by atoms with Crippen LogP contribution >= 0.6 is 11.6 Å². The molecule has 5 nitrogen and oxygen atoms in total. The summed E-state index contributed by atoms with van der Waals surface area (Å²) in [7, 11) is 0. The van der Waals surface area contributed by atoms with Crippen LogP contribution in [-0.2, 0) is 0 Å². The van der Waals surface area contributed by atoms with Crippen LogP contribution in [-0.4, -0.2) is 19.6 Å². The minimum Gasteiger partial charge on any atom is -0.363 e. The first-order valence-corrected chi connectivity index (χ1v) is 6.71. The van der Waals surface area contributed by atoms with Crippen molar-refractivity contribution in [1.82, 2.24) is 19.6 Å². The maximum Gasteiger partial charge on any atom is 0.254 e. The molecule has 0 saturated carbocycles. The van der Waals surface area contributed by atoms with E-state index in [9.17, 15) is 0 Å². The standard InChI is InChI=1S/C14H14ClN5/c1-9-7-13(20-14(18-9)16-8-17-20)19-10(2)11-5-3-4-6-12(11)15/h3-8,10,19H,1-2H3/t10-/m1/s1. The summed E-state index contributed by atoms with van der Waals surface area (Å²) in [6.07, 6.45) is 1.49. The third-order valence-electron chi connectivity index (χ3n) is 3.12. The Balaban J connectivity index is 1.97. The van der Waals surface area contributed by atoms with Gasteiger partial charge in [-0.05, 0) is 25.5 Å². The molecule has 0 spiro atoms. The van der Waals surface area contributed by atoms with E-state index in [-0.39, 0.29) is 6.04 Å². The molecule has 0 unspecified atom stereocenters. The molecule has 2 aromatic heterocycles. The van der Waals surface area contributed by atoms with Crippen LogP contribution in [0.2, 0.25) is 5.02 Å². The van der Waals surface area contributed by atoms with Crippen LogP contribution in [0.5, 0.6) is 0 Å².